The number of piperidine rings is 2. The fourth-order valence-electron chi connectivity index (χ4n) is 5.09. The Balaban J connectivity index is 0.000000419. The number of anilines is 2. The number of rotatable bonds is 9. The van der Waals surface area contributed by atoms with Crippen molar-refractivity contribution in [2.75, 3.05) is 71.5 Å². The molecule has 2 aromatic rings. The topological polar surface area (TPSA) is 144 Å². The number of halogens is 2. The van der Waals surface area contributed by atoms with Gasteiger partial charge >= 0.3 is 0 Å². The van der Waals surface area contributed by atoms with Gasteiger partial charge in [0.1, 0.15) is 11.5 Å². The molecule has 0 aliphatic carbocycles. The van der Waals surface area contributed by atoms with Crippen molar-refractivity contribution in [1.29, 1.82) is 0 Å². The third-order valence-corrected chi connectivity index (χ3v) is 8.50. The van der Waals surface area contributed by atoms with E-state index >= 15 is 0 Å². The predicted octanol–water partition coefficient (Wildman–Crippen LogP) is 4.89. The van der Waals surface area contributed by atoms with E-state index in [2.05, 4.69) is 34.7 Å². The molecule has 2 heterocycles. The standard InChI is InChI=1S/C16H24ClN3O2.C14H20ClN3O2.C2H5.Y/c1-3-20-6-4-11(5-7-20)10-19-16(21)12-8-13(17)14(18)9-15(12)22-2;1-20-13-7-12(16)11(15)6-10(13)14(19)18-8-9-2-4-17-5-3-9;1-2;/h8-9,11H,3-7,10,18H2,1-2H3,(H,19,21);6-7,9,17H,2-5,8,16H2,1H3,(H,18,19);1H2,2H3;/q;;-1;. The molecular weight excluding hydrogens is 692 g/mol. The second kappa shape index (κ2) is 21.9. The summed E-state index contributed by atoms with van der Waals surface area (Å²) in [5.41, 5.74) is 13.1. The third kappa shape index (κ3) is 13.1. The number of benzene rings is 2. The van der Waals surface area contributed by atoms with Crippen molar-refractivity contribution in [3.63, 3.8) is 0 Å². The summed E-state index contributed by atoms with van der Waals surface area (Å²) in [4.78, 5) is 27.0. The zero-order valence-electron chi connectivity index (χ0n) is 27.0. The Labute approximate surface area is 303 Å². The first kappa shape index (κ1) is 41.2. The average molecular weight is 742 g/mol. The molecule has 2 amide bonds. The van der Waals surface area contributed by atoms with Gasteiger partial charge in [-0.3, -0.25) is 9.59 Å². The van der Waals surface area contributed by atoms with Gasteiger partial charge in [0, 0.05) is 57.9 Å². The maximum atomic E-state index is 12.4. The molecule has 0 unspecified atom stereocenters. The molecule has 0 bridgehead atoms. The van der Waals surface area contributed by atoms with E-state index in [0.717, 1.165) is 58.4 Å². The van der Waals surface area contributed by atoms with Crippen LogP contribution in [0.4, 0.5) is 11.4 Å². The van der Waals surface area contributed by atoms with E-state index < -0.39 is 0 Å². The SMILES string of the molecule is CCN1CCC(CNC(=O)c2cc(Cl)c(N)cc2OC)CC1.COc1cc(N)c(Cl)cc1C(=O)NCC1CCNCC1.[CH2-]C.[Y]. The van der Waals surface area contributed by atoms with E-state index in [9.17, 15) is 9.59 Å². The van der Waals surface area contributed by atoms with Gasteiger partial charge in [0.2, 0.25) is 0 Å². The summed E-state index contributed by atoms with van der Waals surface area (Å²) in [5.74, 6) is 1.59. The Morgan fingerprint density at radius 1 is 0.844 bits per heavy atom. The van der Waals surface area contributed by atoms with Crippen LogP contribution in [-0.4, -0.2) is 76.7 Å². The van der Waals surface area contributed by atoms with Crippen LogP contribution in [0.5, 0.6) is 11.5 Å². The van der Waals surface area contributed by atoms with Crippen LogP contribution < -0.4 is 36.9 Å². The van der Waals surface area contributed by atoms with Gasteiger partial charge in [0.05, 0.1) is 46.8 Å². The van der Waals surface area contributed by atoms with Crippen LogP contribution in [0.15, 0.2) is 24.3 Å². The van der Waals surface area contributed by atoms with Gasteiger partial charge < -0.3 is 48.7 Å². The van der Waals surface area contributed by atoms with Gasteiger partial charge in [-0.1, -0.05) is 30.1 Å². The van der Waals surface area contributed by atoms with Crippen LogP contribution in [0.2, 0.25) is 10.0 Å². The minimum Gasteiger partial charge on any atom is -0.496 e. The Kier molecular flexibility index (Phi) is 20.0. The molecule has 0 aromatic heterocycles. The number of hydrogen-bond acceptors (Lipinski definition) is 8. The quantitative estimate of drug-likeness (QED) is 0.181. The molecule has 0 saturated carbocycles. The first-order chi connectivity index (χ1) is 21.2. The van der Waals surface area contributed by atoms with Crippen molar-refractivity contribution in [3.05, 3.63) is 52.4 Å². The maximum Gasteiger partial charge on any atom is 0.255 e. The largest absolute Gasteiger partial charge is 0.496 e. The number of nitrogens with one attached hydrogen (secondary N) is 3. The summed E-state index contributed by atoms with van der Waals surface area (Å²) in [5, 5.41) is 9.95. The Hall–Kier alpha value is -1.82. The zero-order chi connectivity index (χ0) is 32.6. The van der Waals surface area contributed by atoms with E-state index in [-0.39, 0.29) is 44.5 Å². The van der Waals surface area contributed by atoms with Gasteiger partial charge in [0.25, 0.3) is 11.8 Å². The molecule has 249 valence electrons. The normalized spacial score (nSPS) is 15.3. The number of likely N-dealkylation sites (tertiary alicyclic amines) is 1. The van der Waals surface area contributed by atoms with Gasteiger partial charge in [0.15, 0.2) is 0 Å². The average Bonchev–Trinajstić information content (AvgIpc) is 3.06. The van der Waals surface area contributed by atoms with Crippen LogP contribution in [0.3, 0.4) is 0 Å². The van der Waals surface area contributed by atoms with Crippen molar-refractivity contribution in [1.82, 2.24) is 20.9 Å². The molecule has 2 fully saturated rings. The molecule has 2 saturated heterocycles. The summed E-state index contributed by atoms with van der Waals surface area (Å²) in [6.45, 7) is 13.9. The number of nitrogens with two attached hydrogens (primary N) is 2. The summed E-state index contributed by atoms with van der Waals surface area (Å²) < 4.78 is 10.4. The molecule has 2 aliphatic heterocycles. The molecule has 2 aliphatic rings. The molecule has 13 heteroatoms. The molecule has 45 heavy (non-hydrogen) atoms. The van der Waals surface area contributed by atoms with Gasteiger partial charge in [-0.2, -0.15) is 6.92 Å². The number of nitrogens with zero attached hydrogens (tertiary/aromatic N) is 1. The maximum absolute atomic E-state index is 12.4. The minimum absolute atomic E-state index is 0. The summed E-state index contributed by atoms with van der Waals surface area (Å²) in [6.07, 6.45) is 4.40. The molecule has 0 spiro atoms. The van der Waals surface area contributed by atoms with Crippen LogP contribution >= 0.6 is 23.2 Å². The fourth-order valence-corrected chi connectivity index (χ4v) is 5.42. The van der Waals surface area contributed by atoms with E-state index in [1.807, 2.05) is 0 Å². The van der Waals surface area contributed by atoms with Gasteiger partial charge in [-0.25, -0.2) is 0 Å². The van der Waals surface area contributed by atoms with Crippen LogP contribution in [0.25, 0.3) is 0 Å². The fraction of sp³-hybridized carbons (Fsp3) is 0.531. The van der Waals surface area contributed by atoms with E-state index in [1.54, 1.807) is 31.2 Å². The molecule has 0 atom stereocenters. The van der Waals surface area contributed by atoms with Gasteiger partial charge in [-0.05, 0) is 82.4 Å². The monoisotopic (exact) mass is 740 g/mol. The smallest absolute Gasteiger partial charge is 0.255 e. The number of nitrogen functional groups attached to an aromatic ring is 2. The van der Waals surface area contributed by atoms with Crippen molar-refractivity contribution >= 4 is 46.4 Å². The van der Waals surface area contributed by atoms with Crippen molar-refractivity contribution in [3.8, 4) is 11.5 Å². The number of ether oxygens (including phenoxy) is 2. The Bertz CT molecular complexity index is 1210. The summed E-state index contributed by atoms with van der Waals surface area (Å²) in [7, 11) is 3.02. The third-order valence-electron chi connectivity index (χ3n) is 7.84. The second-order valence-corrected chi connectivity index (χ2v) is 11.5. The zero-order valence-corrected chi connectivity index (χ0v) is 31.4. The second-order valence-electron chi connectivity index (χ2n) is 10.6. The number of carbonyl (C=O) groups is 2. The van der Waals surface area contributed by atoms with E-state index in [0.29, 0.717) is 69.0 Å². The van der Waals surface area contributed by atoms with Crippen molar-refractivity contribution < 1.29 is 51.8 Å². The van der Waals surface area contributed by atoms with Crippen molar-refractivity contribution in [2.45, 2.75) is 39.5 Å². The number of hydrogen-bond donors (Lipinski definition) is 5. The predicted molar refractivity (Wildman–Crippen MR) is 181 cm³/mol. The number of methoxy groups -OCH3 is 2. The van der Waals surface area contributed by atoms with E-state index in [4.69, 9.17) is 44.1 Å². The minimum atomic E-state index is -0.178. The molecule has 7 N–H and O–H groups in total. The van der Waals surface area contributed by atoms with Gasteiger partial charge in [-0.15, -0.1) is 0 Å². The summed E-state index contributed by atoms with van der Waals surface area (Å²) >= 11 is 12.0. The number of amides is 2. The Morgan fingerprint density at radius 3 is 1.62 bits per heavy atom. The molecule has 1 radical (unpaired) electrons. The van der Waals surface area contributed by atoms with E-state index in [1.165, 1.54) is 14.2 Å². The number of carbonyl (C=O) groups excluding carboxylic acids is 2. The molecule has 4 rings (SSSR count). The van der Waals surface area contributed by atoms with Crippen LogP contribution in [0, 0.1) is 18.8 Å². The molecular formula is C32H49Cl2N6O4Y-. The molecule has 2 aromatic carbocycles. The van der Waals surface area contributed by atoms with Crippen LogP contribution in [0.1, 0.15) is 60.2 Å². The molecule has 10 nitrogen and oxygen atoms in total. The first-order valence-corrected chi connectivity index (χ1v) is 15.9. The summed E-state index contributed by atoms with van der Waals surface area (Å²) in [6, 6.07) is 6.26. The Morgan fingerprint density at radius 2 is 1.24 bits per heavy atom. The van der Waals surface area contributed by atoms with Crippen molar-refractivity contribution in [2.24, 2.45) is 11.8 Å². The first-order valence-electron chi connectivity index (χ1n) is 15.1. The van der Waals surface area contributed by atoms with Crippen LogP contribution in [-0.2, 0) is 32.7 Å².